The van der Waals surface area contributed by atoms with Crippen LogP contribution in [0.4, 0.5) is 0 Å². The largest absolute Gasteiger partial charge is 0.355 e. The number of amides is 1. The number of nitrogens with one attached hydrogen (secondary N) is 1. The van der Waals surface area contributed by atoms with Gasteiger partial charge in [-0.2, -0.15) is 0 Å². The predicted molar refractivity (Wildman–Crippen MR) is 66.8 cm³/mol. The molecule has 0 radical (unpaired) electrons. The Bertz CT molecular complexity index is 403. The fourth-order valence-corrected chi connectivity index (χ4v) is 4.46. The molecule has 6 heteroatoms. The third-order valence-electron chi connectivity index (χ3n) is 3.82. The van der Waals surface area contributed by atoms with Gasteiger partial charge in [-0.3, -0.25) is 4.79 Å². The molecule has 1 saturated heterocycles. The van der Waals surface area contributed by atoms with Crippen LogP contribution in [0.2, 0.25) is 0 Å². The van der Waals surface area contributed by atoms with E-state index in [2.05, 4.69) is 5.32 Å². The van der Waals surface area contributed by atoms with Gasteiger partial charge in [0.2, 0.25) is 5.91 Å². The zero-order chi connectivity index (χ0) is 12.5. The maximum Gasteiger partial charge on any atom is 0.224 e. The Morgan fingerprint density at radius 2 is 2.12 bits per heavy atom. The van der Waals surface area contributed by atoms with Crippen LogP contribution in [0.1, 0.15) is 25.7 Å². The standard InChI is InChI=1S/C11H18ClNO3S/c12-5-4-11(2-3-11)8-13-10(14)9-1-6-17(15,16)7-9/h9H,1-8H2,(H,13,14). The lowest BCUT2D eigenvalue weighted by molar-refractivity contribution is -0.124. The quantitative estimate of drug-likeness (QED) is 0.762. The molecule has 0 aromatic heterocycles. The van der Waals surface area contributed by atoms with E-state index in [0.717, 1.165) is 19.3 Å². The van der Waals surface area contributed by atoms with E-state index < -0.39 is 9.84 Å². The van der Waals surface area contributed by atoms with Crippen LogP contribution in [0.15, 0.2) is 0 Å². The van der Waals surface area contributed by atoms with Gasteiger partial charge < -0.3 is 5.32 Å². The third-order valence-corrected chi connectivity index (χ3v) is 5.78. The first-order valence-electron chi connectivity index (χ1n) is 6.01. The first kappa shape index (κ1) is 13.1. The van der Waals surface area contributed by atoms with E-state index in [1.54, 1.807) is 0 Å². The highest BCUT2D eigenvalue weighted by Crippen LogP contribution is 2.48. The number of halogens is 1. The lowest BCUT2D eigenvalue weighted by Gasteiger charge is -2.16. The van der Waals surface area contributed by atoms with Crippen LogP contribution < -0.4 is 5.32 Å². The van der Waals surface area contributed by atoms with E-state index in [1.807, 2.05) is 0 Å². The van der Waals surface area contributed by atoms with Crippen molar-refractivity contribution < 1.29 is 13.2 Å². The molecule has 1 heterocycles. The second-order valence-corrected chi connectivity index (χ2v) is 7.86. The zero-order valence-corrected chi connectivity index (χ0v) is 11.3. The predicted octanol–water partition coefficient (Wildman–Crippen LogP) is 0.946. The van der Waals surface area contributed by atoms with Crippen LogP contribution in [-0.2, 0) is 14.6 Å². The number of rotatable bonds is 5. The average molecular weight is 280 g/mol. The molecule has 1 atom stereocenters. The fourth-order valence-electron chi connectivity index (χ4n) is 2.31. The van der Waals surface area contributed by atoms with Crippen molar-refractivity contribution >= 4 is 27.3 Å². The van der Waals surface area contributed by atoms with Crippen molar-refractivity contribution in [3.8, 4) is 0 Å². The Morgan fingerprint density at radius 3 is 2.59 bits per heavy atom. The van der Waals surface area contributed by atoms with Gasteiger partial charge >= 0.3 is 0 Å². The van der Waals surface area contributed by atoms with Crippen molar-refractivity contribution in [2.45, 2.75) is 25.7 Å². The van der Waals surface area contributed by atoms with E-state index in [-0.39, 0.29) is 28.7 Å². The summed E-state index contributed by atoms with van der Waals surface area (Å²) in [4.78, 5) is 11.8. The number of sulfone groups is 1. The molecule has 0 aromatic rings. The van der Waals surface area contributed by atoms with E-state index in [0.29, 0.717) is 18.8 Å². The molecule has 2 aliphatic rings. The van der Waals surface area contributed by atoms with Gasteiger partial charge in [0.25, 0.3) is 0 Å². The van der Waals surface area contributed by atoms with Gasteiger partial charge in [-0.05, 0) is 31.1 Å². The molecular formula is C11H18ClNO3S. The molecule has 0 bridgehead atoms. The van der Waals surface area contributed by atoms with Crippen LogP contribution in [-0.4, -0.2) is 38.3 Å². The summed E-state index contributed by atoms with van der Waals surface area (Å²) < 4.78 is 22.5. The topological polar surface area (TPSA) is 63.2 Å². The molecule has 0 spiro atoms. The first-order chi connectivity index (χ1) is 7.96. The van der Waals surface area contributed by atoms with Gasteiger partial charge in [-0.25, -0.2) is 8.42 Å². The van der Waals surface area contributed by atoms with E-state index in [9.17, 15) is 13.2 Å². The monoisotopic (exact) mass is 279 g/mol. The Balaban J connectivity index is 1.79. The lowest BCUT2D eigenvalue weighted by Crippen LogP contribution is -2.35. The van der Waals surface area contributed by atoms with Crippen LogP contribution in [0.25, 0.3) is 0 Å². The molecule has 1 N–H and O–H groups in total. The average Bonchev–Trinajstić information content (AvgIpc) is 2.93. The maximum absolute atomic E-state index is 11.8. The summed E-state index contributed by atoms with van der Waals surface area (Å²) in [6.45, 7) is 0.648. The second kappa shape index (κ2) is 4.76. The normalized spacial score (nSPS) is 28.9. The number of carbonyl (C=O) groups excluding carboxylic acids is 1. The van der Waals surface area contributed by atoms with Gasteiger partial charge in [-0.15, -0.1) is 11.6 Å². The minimum atomic E-state index is -2.97. The third kappa shape index (κ3) is 3.35. The zero-order valence-electron chi connectivity index (χ0n) is 9.75. The van der Waals surface area contributed by atoms with Crippen LogP contribution in [0.3, 0.4) is 0 Å². The van der Waals surface area contributed by atoms with Crippen molar-refractivity contribution in [1.82, 2.24) is 5.32 Å². The highest BCUT2D eigenvalue weighted by atomic mass is 35.5. The molecule has 98 valence electrons. The maximum atomic E-state index is 11.8. The van der Waals surface area contributed by atoms with Gasteiger partial charge in [0.1, 0.15) is 0 Å². The molecular weight excluding hydrogens is 262 g/mol. The minimum Gasteiger partial charge on any atom is -0.355 e. The molecule has 17 heavy (non-hydrogen) atoms. The van der Waals surface area contributed by atoms with E-state index >= 15 is 0 Å². The highest BCUT2D eigenvalue weighted by molar-refractivity contribution is 7.91. The number of hydrogen-bond donors (Lipinski definition) is 1. The summed E-state index contributed by atoms with van der Waals surface area (Å²) in [6, 6.07) is 0. The van der Waals surface area contributed by atoms with Crippen molar-refractivity contribution in [3.63, 3.8) is 0 Å². The van der Waals surface area contributed by atoms with Crippen molar-refractivity contribution in [1.29, 1.82) is 0 Å². The van der Waals surface area contributed by atoms with Gasteiger partial charge in [0.05, 0.1) is 17.4 Å². The molecule has 1 unspecified atom stereocenters. The molecule has 1 saturated carbocycles. The Hall–Kier alpha value is -0.290. The van der Waals surface area contributed by atoms with E-state index in [4.69, 9.17) is 11.6 Å². The van der Waals surface area contributed by atoms with Gasteiger partial charge in [0.15, 0.2) is 9.84 Å². The smallest absolute Gasteiger partial charge is 0.224 e. The summed E-state index contributed by atoms with van der Waals surface area (Å²) in [6.07, 6.45) is 3.63. The van der Waals surface area contributed by atoms with Crippen molar-refractivity contribution in [3.05, 3.63) is 0 Å². The summed E-state index contributed by atoms with van der Waals surface area (Å²) in [7, 11) is -2.97. The summed E-state index contributed by atoms with van der Waals surface area (Å²) in [5.74, 6) is 0.339. The van der Waals surface area contributed by atoms with Gasteiger partial charge in [0, 0.05) is 12.4 Å². The number of carbonyl (C=O) groups is 1. The molecule has 2 rings (SSSR count). The second-order valence-electron chi connectivity index (χ2n) is 5.26. The molecule has 4 nitrogen and oxygen atoms in total. The summed E-state index contributed by atoms with van der Waals surface area (Å²) in [5, 5.41) is 2.89. The van der Waals surface area contributed by atoms with Crippen LogP contribution in [0.5, 0.6) is 0 Å². The number of alkyl halides is 1. The van der Waals surface area contributed by atoms with E-state index in [1.165, 1.54) is 0 Å². The molecule has 1 aliphatic heterocycles. The van der Waals surface area contributed by atoms with Crippen LogP contribution >= 0.6 is 11.6 Å². The Labute approximate surface area is 107 Å². The highest BCUT2D eigenvalue weighted by Gasteiger charge is 2.42. The molecule has 0 aromatic carbocycles. The first-order valence-corrected chi connectivity index (χ1v) is 8.36. The molecule has 1 aliphatic carbocycles. The SMILES string of the molecule is O=C(NCC1(CCCl)CC1)C1CCS(=O)(=O)C1. The van der Waals surface area contributed by atoms with Gasteiger partial charge in [-0.1, -0.05) is 0 Å². The fraction of sp³-hybridized carbons (Fsp3) is 0.909. The van der Waals surface area contributed by atoms with Crippen LogP contribution in [0, 0.1) is 11.3 Å². The lowest BCUT2D eigenvalue weighted by atomic mass is 10.0. The summed E-state index contributed by atoms with van der Waals surface area (Å²) >= 11 is 5.71. The molecule has 2 fully saturated rings. The minimum absolute atomic E-state index is 0.0152. The van der Waals surface area contributed by atoms with Crippen molar-refractivity contribution in [2.24, 2.45) is 11.3 Å². The summed E-state index contributed by atoms with van der Waals surface area (Å²) in [5.41, 5.74) is 0.203. The Kier molecular flexibility index (Phi) is 3.69. The number of hydrogen-bond acceptors (Lipinski definition) is 3. The Morgan fingerprint density at radius 1 is 1.41 bits per heavy atom. The molecule has 1 amide bonds. The van der Waals surface area contributed by atoms with Crippen molar-refractivity contribution in [2.75, 3.05) is 23.9 Å².